The van der Waals surface area contributed by atoms with Gasteiger partial charge in [-0.1, -0.05) is 36.8 Å². The van der Waals surface area contributed by atoms with Crippen molar-refractivity contribution in [2.45, 2.75) is 38.1 Å². The Morgan fingerprint density at radius 1 is 1.38 bits per heavy atom. The van der Waals surface area contributed by atoms with Gasteiger partial charge in [0.2, 0.25) is 0 Å². The Kier molecular flexibility index (Phi) is 4.33. The summed E-state index contributed by atoms with van der Waals surface area (Å²) in [5.41, 5.74) is 0.419. The van der Waals surface area contributed by atoms with E-state index in [4.69, 9.17) is 4.74 Å². The lowest BCUT2D eigenvalue weighted by Crippen LogP contribution is -2.44. The highest BCUT2D eigenvalue weighted by molar-refractivity contribution is 5.84. The van der Waals surface area contributed by atoms with E-state index in [1.807, 2.05) is 30.3 Å². The molecule has 1 saturated carbocycles. The number of hydrogen-bond acceptors (Lipinski definition) is 5. The van der Waals surface area contributed by atoms with Crippen LogP contribution >= 0.6 is 0 Å². The summed E-state index contributed by atoms with van der Waals surface area (Å²) in [6.07, 6.45) is 3.77. The summed E-state index contributed by atoms with van der Waals surface area (Å²) in [6, 6.07) is 9.65. The minimum absolute atomic E-state index is 0.0887. The highest BCUT2D eigenvalue weighted by Crippen LogP contribution is 2.44. The lowest BCUT2D eigenvalue weighted by molar-refractivity contribution is -0.392. The largest absolute Gasteiger partial charge is 0.461 e. The summed E-state index contributed by atoms with van der Waals surface area (Å²) in [5, 5.41) is 11.0. The monoisotopic (exact) mass is 329 g/mol. The summed E-state index contributed by atoms with van der Waals surface area (Å²) in [4.78, 5) is 27.0. The molecule has 0 spiro atoms. The van der Waals surface area contributed by atoms with E-state index < -0.39 is 10.3 Å². The number of esters is 1. The second-order valence-corrected chi connectivity index (χ2v) is 6.01. The van der Waals surface area contributed by atoms with Crippen LogP contribution in [0.3, 0.4) is 0 Å². The number of carbonyl (C=O) groups is 1. The minimum atomic E-state index is -0.558. The van der Waals surface area contributed by atoms with E-state index in [1.54, 1.807) is 6.92 Å². The third kappa shape index (κ3) is 2.77. The second-order valence-electron chi connectivity index (χ2n) is 6.01. The Hall–Kier alpha value is -2.70. The lowest BCUT2D eigenvalue weighted by Gasteiger charge is -2.39. The molecule has 0 N–H and O–H groups in total. The first-order chi connectivity index (χ1) is 11.5. The normalized spacial score (nSPS) is 15.5. The molecule has 1 aliphatic carbocycles. The molecular formula is C17H19N3O4. The van der Waals surface area contributed by atoms with Crippen molar-refractivity contribution in [2.24, 2.45) is 0 Å². The van der Waals surface area contributed by atoms with Crippen LogP contribution in [0.15, 0.2) is 36.5 Å². The summed E-state index contributed by atoms with van der Waals surface area (Å²) in [5.74, 6) is 0.185. The second kappa shape index (κ2) is 6.43. The number of benzene rings is 1. The Labute approximate surface area is 139 Å². The van der Waals surface area contributed by atoms with Gasteiger partial charge in [-0.3, -0.25) is 4.79 Å². The van der Waals surface area contributed by atoms with Crippen LogP contribution in [-0.4, -0.2) is 27.1 Å². The van der Waals surface area contributed by atoms with Gasteiger partial charge in [0.25, 0.3) is 0 Å². The smallest absolute Gasteiger partial charge is 0.342 e. The molecule has 1 aromatic heterocycles. The topological polar surface area (TPSA) is 87.3 Å². The zero-order valence-corrected chi connectivity index (χ0v) is 13.5. The van der Waals surface area contributed by atoms with Crippen LogP contribution in [0.25, 0.3) is 0 Å². The highest BCUT2D eigenvalue weighted by Gasteiger charge is 2.47. The summed E-state index contributed by atoms with van der Waals surface area (Å²) < 4.78 is 6.90. The third-order valence-electron chi connectivity index (χ3n) is 4.69. The van der Waals surface area contributed by atoms with Crippen molar-refractivity contribution < 1.29 is 14.5 Å². The van der Waals surface area contributed by atoms with Crippen molar-refractivity contribution in [3.8, 4) is 0 Å². The molecule has 2 aromatic rings. The van der Waals surface area contributed by atoms with Crippen LogP contribution in [0.5, 0.6) is 0 Å². The van der Waals surface area contributed by atoms with Crippen molar-refractivity contribution in [3.05, 3.63) is 58.0 Å². The van der Waals surface area contributed by atoms with Crippen LogP contribution in [-0.2, 0) is 21.5 Å². The molecule has 7 nitrogen and oxygen atoms in total. The van der Waals surface area contributed by atoms with E-state index in [1.165, 1.54) is 10.8 Å². The average Bonchev–Trinajstić information content (AvgIpc) is 2.89. The molecule has 0 amide bonds. The number of nitro groups is 1. The van der Waals surface area contributed by atoms with Crippen LogP contribution in [0.2, 0.25) is 0 Å². The average molecular weight is 329 g/mol. The van der Waals surface area contributed by atoms with Crippen LogP contribution in [0.4, 0.5) is 5.82 Å². The quantitative estimate of drug-likeness (QED) is 0.462. The fourth-order valence-corrected chi connectivity index (χ4v) is 3.14. The molecule has 3 rings (SSSR count). The van der Waals surface area contributed by atoms with E-state index in [0.29, 0.717) is 5.82 Å². The molecule has 7 heteroatoms. The van der Waals surface area contributed by atoms with Crippen molar-refractivity contribution >= 4 is 11.8 Å². The van der Waals surface area contributed by atoms with Gasteiger partial charge in [-0.25, -0.2) is 9.55 Å². The molecule has 0 aliphatic heterocycles. The fraction of sp³-hybridized carbons (Fsp3) is 0.412. The van der Waals surface area contributed by atoms with Crippen molar-refractivity contribution in [1.29, 1.82) is 0 Å². The van der Waals surface area contributed by atoms with Crippen LogP contribution in [0.1, 0.15) is 30.7 Å². The third-order valence-corrected chi connectivity index (χ3v) is 4.69. The maximum absolute atomic E-state index is 12.6. The maximum Gasteiger partial charge on any atom is 0.342 e. The van der Waals surface area contributed by atoms with E-state index in [2.05, 4.69) is 4.98 Å². The zero-order valence-electron chi connectivity index (χ0n) is 13.5. The molecule has 0 bridgehead atoms. The first kappa shape index (κ1) is 16.2. The Balaban J connectivity index is 1.66. The molecule has 1 aliphatic rings. The lowest BCUT2D eigenvalue weighted by atomic mass is 9.64. The Bertz CT molecular complexity index is 750. The SMILES string of the molecule is Cc1ncc([N+](=O)[O-])n1CCOC(=O)C1(c2ccccc2)CCC1. The summed E-state index contributed by atoms with van der Waals surface area (Å²) in [7, 11) is 0. The first-order valence-corrected chi connectivity index (χ1v) is 7.94. The van der Waals surface area contributed by atoms with Gasteiger partial charge in [0, 0.05) is 6.92 Å². The number of rotatable bonds is 6. The maximum atomic E-state index is 12.6. The van der Waals surface area contributed by atoms with Gasteiger partial charge in [-0.05, 0) is 23.3 Å². The van der Waals surface area contributed by atoms with Crippen LogP contribution in [0, 0.1) is 17.0 Å². The molecule has 1 aromatic carbocycles. The number of carbonyl (C=O) groups excluding carboxylic acids is 1. The Morgan fingerprint density at radius 3 is 2.67 bits per heavy atom. The summed E-state index contributed by atoms with van der Waals surface area (Å²) >= 11 is 0. The number of imidazole rings is 1. The number of aromatic nitrogens is 2. The van der Waals surface area contributed by atoms with Crippen molar-refractivity contribution in [3.63, 3.8) is 0 Å². The zero-order chi connectivity index (χ0) is 17.2. The fourth-order valence-electron chi connectivity index (χ4n) is 3.14. The molecule has 0 radical (unpaired) electrons. The van der Waals surface area contributed by atoms with Gasteiger partial charge in [0.05, 0.1) is 5.41 Å². The van der Waals surface area contributed by atoms with Gasteiger partial charge < -0.3 is 14.9 Å². The first-order valence-electron chi connectivity index (χ1n) is 7.94. The van der Waals surface area contributed by atoms with E-state index in [0.717, 1.165) is 24.8 Å². The molecule has 0 unspecified atom stereocenters. The van der Waals surface area contributed by atoms with Gasteiger partial charge in [-0.2, -0.15) is 0 Å². The summed E-state index contributed by atoms with van der Waals surface area (Å²) in [6.45, 7) is 2.00. The number of nitrogens with zero attached hydrogens (tertiary/aromatic N) is 3. The number of aryl methyl sites for hydroxylation is 1. The standard InChI is InChI=1S/C17H19N3O4/c1-13-18-12-15(20(22)23)19(13)10-11-24-16(21)17(8-5-9-17)14-6-3-2-4-7-14/h2-4,6-7,12H,5,8-11H2,1H3. The van der Waals surface area contributed by atoms with Gasteiger partial charge in [0.1, 0.15) is 19.3 Å². The minimum Gasteiger partial charge on any atom is -0.461 e. The highest BCUT2D eigenvalue weighted by atomic mass is 16.6. The molecule has 126 valence electrons. The van der Waals surface area contributed by atoms with Crippen LogP contribution < -0.4 is 0 Å². The predicted molar refractivity (Wildman–Crippen MR) is 86.5 cm³/mol. The van der Waals surface area contributed by atoms with Gasteiger partial charge >= 0.3 is 11.8 Å². The predicted octanol–water partition coefficient (Wildman–Crippen LogP) is 2.76. The molecule has 0 saturated heterocycles. The number of hydrogen-bond donors (Lipinski definition) is 0. The molecule has 1 heterocycles. The van der Waals surface area contributed by atoms with E-state index in [9.17, 15) is 14.9 Å². The van der Waals surface area contributed by atoms with E-state index >= 15 is 0 Å². The Morgan fingerprint density at radius 2 is 2.08 bits per heavy atom. The molecule has 0 atom stereocenters. The van der Waals surface area contributed by atoms with E-state index in [-0.39, 0.29) is 24.9 Å². The van der Waals surface area contributed by atoms with Crippen molar-refractivity contribution in [2.75, 3.05) is 6.61 Å². The number of ether oxygens (including phenoxy) is 1. The molecule has 1 fully saturated rings. The van der Waals surface area contributed by atoms with Gasteiger partial charge in [-0.15, -0.1) is 0 Å². The van der Waals surface area contributed by atoms with Gasteiger partial charge in [0.15, 0.2) is 5.82 Å². The van der Waals surface area contributed by atoms with Crippen molar-refractivity contribution in [1.82, 2.24) is 9.55 Å². The molecular weight excluding hydrogens is 310 g/mol. The molecule has 24 heavy (non-hydrogen) atoms.